The molecular weight excluding hydrogens is 276 g/mol. The molecule has 0 spiro atoms. The Balaban J connectivity index is 2.12. The molecule has 1 aliphatic heterocycles. The Morgan fingerprint density at radius 2 is 1.70 bits per heavy atom. The second-order valence-electron chi connectivity index (χ2n) is 5.82. The van der Waals surface area contributed by atoms with Gasteiger partial charge in [-0.15, -0.1) is 10.2 Å². The van der Waals surface area contributed by atoms with Crippen LogP contribution in [-0.4, -0.2) is 20.2 Å². The Morgan fingerprint density at radius 1 is 1.00 bits per heavy atom. The zero-order chi connectivity index (χ0) is 14.5. The van der Waals surface area contributed by atoms with E-state index in [0.717, 1.165) is 11.4 Å². The molecule has 6 heteroatoms. The second-order valence-corrected chi connectivity index (χ2v) is 6.25. The number of hydrogen-bond acceptors (Lipinski definition) is 5. The van der Waals surface area contributed by atoms with Crippen LogP contribution in [0.3, 0.4) is 0 Å². The predicted octanol–water partition coefficient (Wildman–Crippen LogP) is 3.09. The Morgan fingerprint density at radius 3 is 2.35 bits per heavy atom. The van der Waals surface area contributed by atoms with E-state index in [4.69, 9.17) is 16.3 Å². The molecule has 0 radical (unpaired) electrons. The quantitative estimate of drug-likeness (QED) is 0.807. The number of aromatic nitrogens is 4. The molecule has 0 bridgehead atoms. The van der Waals surface area contributed by atoms with E-state index < -0.39 is 11.2 Å². The van der Waals surface area contributed by atoms with E-state index in [9.17, 15) is 0 Å². The van der Waals surface area contributed by atoms with Crippen molar-refractivity contribution in [3.05, 3.63) is 34.7 Å². The molecule has 0 fully saturated rings. The molecule has 0 atom stereocenters. The van der Waals surface area contributed by atoms with E-state index >= 15 is 0 Å². The van der Waals surface area contributed by atoms with E-state index in [1.807, 2.05) is 27.7 Å². The second kappa shape index (κ2) is 4.20. The number of rotatable bonds is 1. The van der Waals surface area contributed by atoms with Gasteiger partial charge in [0.1, 0.15) is 28.3 Å². The molecule has 2 aromatic rings. The highest BCUT2D eigenvalue weighted by Crippen LogP contribution is 2.44. The van der Waals surface area contributed by atoms with Crippen molar-refractivity contribution >= 4 is 11.6 Å². The van der Waals surface area contributed by atoms with Crippen LogP contribution in [0.2, 0.25) is 5.02 Å². The minimum absolute atomic E-state index is 0.481. The highest BCUT2D eigenvalue weighted by molar-refractivity contribution is 6.30. The lowest BCUT2D eigenvalue weighted by molar-refractivity contribution is -0.107. The van der Waals surface area contributed by atoms with E-state index in [2.05, 4.69) is 20.2 Å². The van der Waals surface area contributed by atoms with Gasteiger partial charge < -0.3 is 4.74 Å². The first-order valence-corrected chi connectivity index (χ1v) is 6.75. The van der Waals surface area contributed by atoms with E-state index in [-0.39, 0.29) is 0 Å². The number of ether oxygens (including phenoxy) is 1. The smallest absolute Gasteiger partial charge is 0.200 e. The third kappa shape index (κ3) is 2.07. The zero-order valence-electron chi connectivity index (χ0n) is 11.8. The van der Waals surface area contributed by atoms with Crippen LogP contribution in [0.5, 0.6) is 0 Å². The minimum Gasteiger partial charge on any atom is -0.357 e. The van der Waals surface area contributed by atoms with Gasteiger partial charge in [-0.25, -0.2) is 4.98 Å². The molecule has 3 rings (SSSR count). The van der Waals surface area contributed by atoms with Crippen molar-refractivity contribution in [1.82, 2.24) is 20.2 Å². The summed E-state index contributed by atoms with van der Waals surface area (Å²) in [6.07, 6.45) is 1.57. The van der Waals surface area contributed by atoms with Gasteiger partial charge in [0.15, 0.2) is 0 Å². The van der Waals surface area contributed by atoms with Crippen molar-refractivity contribution in [2.45, 2.75) is 38.9 Å². The van der Waals surface area contributed by atoms with Gasteiger partial charge in [-0.3, -0.25) is 4.98 Å². The zero-order valence-corrected chi connectivity index (χ0v) is 12.6. The molecule has 2 aromatic heterocycles. The lowest BCUT2D eigenvalue weighted by Crippen LogP contribution is -2.23. The summed E-state index contributed by atoms with van der Waals surface area (Å²) in [5.74, 6) is 0.481. The number of fused-ring (bicyclic) bond motifs is 1. The highest BCUT2D eigenvalue weighted by atomic mass is 35.5. The largest absolute Gasteiger partial charge is 0.357 e. The van der Waals surface area contributed by atoms with Crippen LogP contribution in [0.15, 0.2) is 18.3 Å². The standard InChI is InChI=1S/C14H15ClN4O/c1-13(2)10-11(14(3,4)20-13)18-19-12(17-10)9-6-5-8(15)7-16-9/h5-7H,1-4H3. The molecule has 104 valence electrons. The Kier molecular flexibility index (Phi) is 2.81. The Bertz CT molecular complexity index is 667. The normalized spacial score (nSPS) is 18.9. The fourth-order valence-electron chi connectivity index (χ4n) is 2.50. The molecule has 0 amide bonds. The first-order valence-electron chi connectivity index (χ1n) is 6.37. The van der Waals surface area contributed by atoms with Gasteiger partial charge in [0.25, 0.3) is 0 Å². The highest BCUT2D eigenvalue weighted by Gasteiger charge is 2.46. The Hall–Kier alpha value is -1.59. The van der Waals surface area contributed by atoms with Crippen molar-refractivity contribution in [2.75, 3.05) is 0 Å². The van der Waals surface area contributed by atoms with Crippen LogP contribution < -0.4 is 0 Å². The summed E-state index contributed by atoms with van der Waals surface area (Å²) in [7, 11) is 0. The van der Waals surface area contributed by atoms with Crippen LogP contribution in [0.25, 0.3) is 11.5 Å². The monoisotopic (exact) mass is 290 g/mol. The molecule has 0 aromatic carbocycles. The van der Waals surface area contributed by atoms with Crippen molar-refractivity contribution in [3.63, 3.8) is 0 Å². The van der Waals surface area contributed by atoms with E-state index in [1.165, 1.54) is 0 Å². The summed E-state index contributed by atoms with van der Waals surface area (Å²) in [5, 5.41) is 9.04. The van der Waals surface area contributed by atoms with E-state index in [0.29, 0.717) is 16.5 Å². The molecule has 3 heterocycles. The average molecular weight is 291 g/mol. The van der Waals surface area contributed by atoms with Gasteiger partial charge >= 0.3 is 0 Å². The molecule has 0 saturated heterocycles. The minimum atomic E-state index is -0.490. The number of hydrogen-bond donors (Lipinski definition) is 0. The van der Waals surface area contributed by atoms with Crippen LogP contribution in [0.4, 0.5) is 0 Å². The van der Waals surface area contributed by atoms with Crippen molar-refractivity contribution < 1.29 is 4.74 Å². The van der Waals surface area contributed by atoms with Gasteiger partial charge in [0, 0.05) is 6.20 Å². The van der Waals surface area contributed by atoms with Crippen LogP contribution in [-0.2, 0) is 15.9 Å². The van der Waals surface area contributed by atoms with Gasteiger partial charge in [-0.2, -0.15) is 0 Å². The number of pyridine rings is 1. The third-order valence-corrected chi connectivity index (χ3v) is 3.52. The van der Waals surface area contributed by atoms with E-state index in [1.54, 1.807) is 18.3 Å². The maximum Gasteiger partial charge on any atom is 0.200 e. The maximum absolute atomic E-state index is 6.01. The fraction of sp³-hybridized carbons (Fsp3) is 0.429. The van der Waals surface area contributed by atoms with Crippen molar-refractivity contribution in [3.8, 4) is 11.5 Å². The summed E-state index contributed by atoms with van der Waals surface area (Å²) >= 11 is 5.84. The van der Waals surface area contributed by atoms with Crippen molar-refractivity contribution in [2.24, 2.45) is 0 Å². The third-order valence-electron chi connectivity index (χ3n) is 3.29. The molecule has 5 nitrogen and oxygen atoms in total. The fourth-order valence-corrected chi connectivity index (χ4v) is 2.61. The maximum atomic E-state index is 6.01. The molecule has 0 N–H and O–H groups in total. The summed E-state index contributed by atoms with van der Waals surface area (Å²) in [5.41, 5.74) is 1.26. The lowest BCUT2D eigenvalue weighted by Gasteiger charge is -2.23. The van der Waals surface area contributed by atoms with Gasteiger partial charge in [-0.05, 0) is 39.8 Å². The summed E-state index contributed by atoms with van der Waals surface area (Å²) in [4.78, 5) is 8.82. The number of halogens is 1. The molecule has 0 aliphatic carbocycles. The van der Waals surface area contributed by atoms with Crippen LogP contribution in [0, 0.1) is 0 Å². The van der Waals surface area contributed by atoms with Crippen LogP contribution in [0.1, 0.15) is 39.1 Å². The lowest BCUT2D eigenvalue weighted by atomic mass is 10.0. The first kappa shape index (κ1) is 13.4. The molecule has 0 saturated carbocycles. The van der Waals surface area contributed by atoms with Crippen molar-refractivity contribution in [1.29, 1.82) is 0 Å². The SMILES string of the molecule is CC1(C)OC(C)(C)c2nc(-c3ccc(Cl)cn3)nnc21. The van der Waals surface area contributed by atoms with Crippen LogP contribution >= 0.6 is 11.6 Å². The first-order chi connectivity index (χ1) is 9.29. The molecular formula is C14H15ClN4O. The summed E-state index contributed by atoms with van der Waals surface area (Å²) in [6, 6.07) is 3.53. The summed E-state index contributed by atoms with van der Waals surface area (Å²) in [6.45, 7) is 7.90. The van der Waals surface area contributed by atoms with Gasteiger partial charge in [0.2, 0.25) is 5.82 Å². The van der Waals surface area contributed by atoms with Gasteiger partial charge in [0.05, 0.1) is 5.02 Å². The van der Waals surface area contributed by atoms with Gasteiger partial charge in [-0.1, -0.05) is 11.6 Å². The summed E-state index contributed by atoms with van der Waals surface area (Å²) < 4.78 is 6.01. The molecule has 20 heavy (non-hydrogen) atoms. The Labute approximate surface area is 122 Å². The molecule has 0 unspecified atom stereocenters. The topological polar surface area (TPSA) is 60.8 Å². The molecule has 1 aliphatic rings. The average Bonchev–Trinajstić information content (AvgIpc) is 2.56. The number of nitrogens with zero attached hydrogens (tertiary/aromatic N) is 4. The predicted molar refractivity (Wildman–Crippen MR) is 75.2 cm³/mol.